The molecule has 3 heteroatoms. The molecule has 1 aliphatic heterocycles. The minimum atomic E-state index is 0.701. The number of ether oxygens (including phenoxy) is 1. The van der Waals surface area contributed by atoms with E-state index in [-0.39, 0.29) is 0 Å². The summed E-state index contributed by atoms with van der Waals surface area (Å²) in [5, 5.41) is 0. The minimum Gasteiger partial charge on any atom is -0.490 e. The lowest BCUT2D eigenvalue weighted by molar-refractivity contribution is 0.338. The molecule has 0 aliphatic carbocycles. The van der Waals surface area contributed by atoms with Crippen LogP contribution in [-0.4, -0.2) is 24.7 Å². The fraction of sp³-hybridized carbons (Fsp3) is 0.583. The molecule has 0 bridgehead atoms. The molecule has 3 nitrogen and oxygen atoms in total. The molecule has 1 aromatic rings. The lowest BCUT2D eigenvalue weighted by Gasteiger charge is -2.28. The van der Waals surface area contributed by atoms with E-state index in [2.05, 4.69) is 9.88 Å². The second-order valence-electron chi connectivity index (χ2n) is 3.81. The summed E-state index contributed by atoms with van der Waals surface area (Å²) in [6.07, 6.45) is 5.71. The van der Waals surface area contributed by atoms with Crippen molar-refractivity contribution in [1.29, 1.82) is 0 Å². The molecule has 1 fully saturated rings. The highest BCUT2D eigenvalue weighted by Gasteiger charge is 2.15. The molecule has 0 spiro atoms. The second-order valence-corrected chi connectivity index (χ2v) is 3.81. The van der Waals surface area contributed by atoms with Crippen LogP contribution >= 0.6 is 0 Å². The Balaban J connectivity index is 2.17. The first-order valence-corrected chi connectivity index (χ1v) is 5.74. The van der Waals surface area contributed by atoms with Crippen molar-refractivity contribution in [3.8, 4) is 5.75 Å². The van der Waals surface area contributed by atoms with Gasteiger partial charge in [0.25, 0.3) is 0 Å². The molecule has 1 aliphatic rings. The topological polar surface area (TPSA) is 25.4 Å². The van der Waals surface area contributed by atoms with Gasteiger partial charge < -0.3 is 9.64 Å². The van der Waals surface area contributed by atoms with Crippen LogP contribution in [0.2, 0.25) is 0 Å². The van der Waals surface area contributed by atoms with E-state index in [1.54, 1.807) is 0 Å². The first-order valence-electron chi connectivity index (χ1n) is 5.74. The van der Waals surface area contributed by atoms with Gasteiger partial charge >= 0.3 is 0 Å². The maximum Gasteiger partial charge on any atom is 0.171 e. The van der Waals surface area contributed by atoms with Gasteiger partial charge in [-0.25, -0.2) is 4.98 Å². The maximum absolute atomic E-state index is 5.59. The van der Waals surface area contributed by atoms with Crippen molar-refractivity contribution in [3.05, 3.63) is 18.3 Å². The van der Waals surface area contributed by atoms with Crippen LogP contribution in [0.15, 0.2) is 18.3 Å². The van der Waals surface area contributed by atoms with Crippen molar-refractivity contribution in [2.24, 2.45) is 0 Å². The van der Waals surface area contributed by atoms with Gasteiger partial charge in [-0.05, 0) is 38.3 Å². The Hall–Kier alpha value is -1.25. The average Bonchev–Trinajstić information content (AvgIpc) is 2.31. The number of hydrogen-bond acceptors (Lipinski definition) is 3. The van der Waals surface area contributed by atoms with Gasteiger partial charge in [-0.3, -0.25) is 0 Å². The molecule has 0 saturated carbocycles. The summed E-state index contributed by atoms with van der Waals surface area (Å²) in [6.45, 7) is 4.92. The van der Waals surface area contributed by atoms with Gasteiger partial charge in [0, 0.05) is 19.3 Å². The van der Waals surface area contributed by atoms with Crippen molar-refractivity contribution in [3.63, 3.8) is 0 Å². The van der Waals surface area contributed by atoms with E-state index in [1.807, 2.05) is 25.3 Å². The molecule has 0 unspecified atom stereocenters. The summed E-state index contributed by atoms with van der Waals surface area (Å²) < 4.78 is 5.59. The van der Waals surface area contributed by atoms with Gasteiger partial charge in [-0.2, -0.15) is 0 Å². The van der Waals surface area contributed by atoms with Crippen molar-refractivity contribution >= 4 is 5.82 Å². The molecule has 15 heavy (non-hydrogen) atoms. The Labute approximate surface area is 91.1 Å². The normalized spacial score (nSPS) is 16.5. The average molecular weight is 206 g/mol. The monoisotopic (exact) mass is 206 g/mol. The Kier molecular flexibility index (Phi) is 3.43. The molecule has 2 heterocycles. The summed E-state index contributed by atoms with van der Waals surface area (Å²) in [7, 11) is 0. The maximum atomic E-state index is 5.59. The Bertz CT molecular complexity index is 308. The molecular weight excluding hydrogens is 188 g/mol. The molecule has 82 valence electrons. The quantitative estimate of drug-likeness (QED) is 0.759. The van der Waals surface area contributed by atoms with Crippen LogP contribution in [0.25, 0.3) is 0 Å². The van der Waals surface area contributed by atoms with Crippen molar-refractivity contribution in [1.82, 2.24) is 4.98 Å². The Morgan fingerprint density at radius 3 is 2.87 bits per heavy atom. The number of hydrogen-bond donors (Lipinski definition) is 0. The lowest BCUT2D eigenvalue weighted by atomic mass is 10.1. The van der Waals surface area contributed by atoms with Crippen LogP contribution in [0.1, 0.15) is 26.2 Å². The molecule has 0 atom stereocenters. The van der Waals surface area contributed by atoms with E-state index in [0.717, 1.165) is 24.7 Å². The molecular formula is C12H18N2O. The standard InChI is InChI=1S/C12H18N2O/c1-2-15-11-7-6-8-13-12(11)14-9-4-3-5-10-14/h6-8H,2-5,9-10H2,1H3. The highest BCUT2D eigenvalue weighted by atomic mass is 16.5. The highest BCUT2D eigenvalue weighted by molar-refractivity contribution is 5.52. The van der Waals surface area contributed by atoms with E-state index in [0.29, 0.717) is 6.61 Å². The molecule has 0 radical (unpaired) electrons. The van der Waals surface area contributed by atoms with Gasteiger partial charge in [0.05, 0.1) is 6.61 Å². The van der Waals surface area contributed by atoms with Crippen molar-refractivity contribution in [2.75, 3.05) is 24.6 Å². The van der Waals surface area contributed by atoms with Crippen molar-refractivity contribution in [2.45, 2.75) is 26.2 Å². The van der Waals surface area contributed by atoms with Crippen molar-refractivity contribution < 1.29 is 4.74 Å². The molecule has 0 N–H and O–H groups in total. The van der Waals surface area contributed by atoms with Gasteiger partial charge in [0.15, 0.2) is 11.6 Å². The third-order valence-corrected chi connectivity index (χ3v) is 2.71. The number of pyridine rings is 1. The third kappa shape index (κ3) is 2.41. The molecule has 2 rings (SSSR count). The SMILES string of the molecule is CCOc1cccnc1N1CCCCC1. The lowest BCUT2D eigenvalue weighted by Crippen LogP contribution is -2.30. The zero-order valence-corrected chi connectivity index (χ0v) is 9.28. The summed E-state index contributed by atoms with van der Waals surface area (Å²) in [6, 6.07) is 3.93. The number of anilines is 1. The largest absolute Gasteiger partial charge is 0.490 e. The second kappa shape index (κ2) is 5.01. The van der Waals surface area contributed by atoms with E-state index in [1.165, 1.54) is 19.3 Å². The first kappa shape index (κ1) is 10.3. The molecule has 1 aromatic heterocycles. The van der Waals surface area contributed by atoms with Crippen LogP contribution in [0.3, 0.4) is 0 Å². The summed E-state index contributed by atoms with van der Waals surface area (Å²) in [5.74, 6) is 1.93. The van der Waals surface area contributed by atoms with Crippen LogP contribution in [0, 0.1) is 0 Å². The van der Waals surface area contributed by atoms with Gasteiger partial charge in [0.2, 0.25) is 0 Å². The molecule has 1 saturated heterocycles. The van der Waals surface area contributed by atoms with Crippen LogP contribution < -0.4 is 9.64 Å². The van der Waals surface area contributed by atoms with Gasteiger partial charge in [-0.15, -0.1) is 0 Å². The summed E-state index contributed by atoms with van der Waals surface area (Å²) in [5.41, 5.74) is 0. The molecule has 0 amide bonds. The van der Waals surface area contributed by atoms with Gasteiger partial charge in [0.1, 0.15) is 0 Å². The third-order valence-electron chi connectivity index (χ3n) is 2.71. The number of nitrogens with zero attached hydrogens (tertiary/aromatic N) is 2. The van der Waals surface area contributed by atoms with Crippen LogP contribution in [-0.2, 0) is 0 Å². The van der Waals surface area contributed by atoms with Crippen LogP contribution in [0.4, 0.5) is 5.82 Å². The first-order chi connectivity index (χ1) is 7.42. The fourth-order valence-corrected chi connectivity index (χ4v) is 1.99. The number of rotatable bonds is 3. The predicted molar refractivity (Wildman–Crippen MR) is 61.5 cm³/mol. The summed E-state index contributed by atoms with van der Waals surface area (Å²) >= 11 is 0. The number of aromatic nitrogens is 1. The van der Waals surface area contributed by atoms with E-state index in [9.17, 15) is 0 Å². The Morgan fingerprint density at radius 2 is 2.13 bits per heavy atom. The minimum absolute atomic E-state index is 0.701. The smallest absolute Gasteiger partial charge is 0.171 e. The van der Waals surface area contributed by atoms with E-state index < -0.39 is 0 Å². The highest BCUT2D eigenvalue weighted by Crippen LogP contribution is 2.27. The zero-order chi connectivity index (χ0) is 10.5. The zero-order valence-electron chi connectivity index (χ0n) is 9.28. The van der Waals surface area contributed by atoms with Crippen LogP contribution in [0.5, 0.6) is 5.75 Å². The number of piperidine rings is 1. The van der Waals surface area contributed by atoms with Gasteiger partial charge in [-0.1, -0.05) is 0 Å². The summed E-state index contributed by atoms with van der Waals surface area (Å²) in [4.78, 5) is 6.75. The Morgan fingerprint density at radius 1 is 1.33 bits per heavy atom. The fourth-order valence-electron chi connectivity index (χ4n) is 1.99. The van der Waals surface area contributed by atoms with E-state index in [4.69, 9.17) is 4.74 Å². The van der Waals surface area contributed by atoms with E-state index >= 15 is 0 Å². The molecule has 0 aromatic carbocycles. The predicted octanol–water partition coefficient (Wildman–Crippen LogP) is 2.47.